The summed E-state index contributed by atoms with van der Waals surface area (Å²) in [5.41, 5.74) is 5.70. The second-order valence-corrected chi connectivity index (χ2v) is 4.17. The fourth-order valence-corrected chi connectivity index (χ4v) is 1.23. The van der Waals surface area contributed by atoms with Crippen LogP contribution in [0.15, 0.2) is 23.5 Å². The van der Waals surface area contributed by atoms with E-state index in [9.17, 15) is 0 Å². The van der Waals surface area contributed by atoms with Crippen molar-refractivity contribution in [3.05, 3.63) is 18.5 Å². The predicted octanol–water partition coefficient (Wildman–Crippen LogP) is 0.833. The fourth-order valence-electron chi connectivity index (χ4n) is 1.23. The number of nitrogens with one attached hydrogen (secondary N) is 1. The summed E-state index contributed by atoms with van der Waals surface area (Å²) in [5.74, 6) is 1.08. The zero-order valence-electron chi connectivity index (χ0n) is 10.1. The van der Waals surface area contributed by atoms with Crippen LogP contribution in [0.3, 0.4) is 0 Å². The third-order valence-electron chi connectivity index (χ3n) is 2.06. The molecule has 0 radical (unpaired) electrons. The molecule has 0 spiro atoms. The summed E-state index contributed by atoms with van der Waals surface area (Å²) in [6.45, 7) is 6.74. The summed E-state index contributed by atoms with van der Waals surface area (Å²) in [4.78, 5) is 4.22. The van der Waals surface area contributed by atoms with Crippen molar-refractivity contribution in [3.63, 3.8) is 0 Å². The van der Waals surface area contributed by atoms with E-state index in [1.807, 2.05) is 16.9 Å². The molecule has 1 aromatic heterocycles. The van der Waals surface area contributed by atoms with Gasteiger partial charge in [-0.05, 0) is 18.4 Å². The van der Waals surface area contributed by atoms with Gasteiger partial charge in [-0.15, -0.1) is 0 Å². The number of nitrogens with zero attached hydrogens (tertiary/aromatic N) is 3. The molecule has 1 heterocycles. The minimum atomic E-state index is 0.536. The molecule has 0 saturated carbocycles. The van der Waals surface area contributed by atoms with Crippen molar-refractivity contribution in [3.8, 4) is 0 Å². The summed E-state index contributed by atoms with van der Waals surface area (Å²) in [7, 11) is 0. The van der Waals surface area contributed by atoms with Crippen molar-refractivity contribution in [2.24, 2.45) is 16.6 Å². The number of hydrogen-bond acceptors (Lipinski definition) is 2. The highest BCUT2D eigenvalue weighted by atomic mass is 15.3. The Balaban J connectivity index is 2.08. The highest BCUT2D eigenvalue weighted by molar-refractivity contribution is 5.77. The van der Waals surface area contributed by atoms with Crippen molar-refractivity contribution < 1.29 is 0 Å². The lowest BCUT2D eigenvalue weighted by atomic mass is 10.2. The van der Waals surface area contributed by atoms with Crippen molar-refractivity contribution in [1.82, 2.24) is 15.1 Å². The molecular formula is C11H21N5. The van der Waals surface area contributed by atoms with E-state index in [4.69, 9.17) is 5.73 Å². The second-order valence-electron chi connectivity index (χ2n) is 4.17. The maximum Gasteiger partial charge on any atom is 0.188 e. The number of hydrogen-bond donors (Lipinski definition) is 2. The lowest BCUT2D eigenvalue weighted by Crippen LogP contribution is -2.33. The molecule has 1 aromatic rings. The summed E-state index contributed by atoms with van der Waals surface area (Å²) >= 11 is 0. The Bertz CT molecular complexity index is 302. The maximum absolute atomic E-state index is 5.70. The molecule has 0 aliphatic heterocycles. The van der Waals surface area contributed by atoms with Crippen molar-refractivity contribution in [2.75, 3.05) is 13.1 Å². The van der Waals surface area contributed by atoms with E-state index in [0.29, 0.717) is 11.9 Å². The van der Waals surface area contributed by atoms with Crippen LogP contribution in [0.2, 0.25) is 0 Å². The first-order valence-corrected chi connectivity index (χ1v) is 5.69. The van der Waals surface area contributed by atoms with Gasteiger partial charge >= 0.3 is 0 Å². The minimum Gasteiger partial charge on any atom is -0.370 e. The lowest BCUT2D eigenvalue weighted by molar-refractivity contribution is 0.571. The molecule has 3 N–H and O–H groups in total. The summed E-state index contributed by atoms with van der Waals surface area (Å²) < 4.78 is 1.91. The molecule has 16 heavy (non-hydrogen) atoms. The summed E-state index contributed by atoms with van der Waals surface area (Å²) in [6, 6.07) is 1.92. The Morgan fingerprint density at radius 1 is 1.56 bits per heavy atom. The van der Waals surface area contributed by atoms with Gasteiger partial charge in [0.05, 0.1) is 0 Å². The molecule has 0 unspecified atom stereocenters. The smallest absolute Gasteiger partial charge is 0.188 e. The van der Waals surface area contributed by atoms with Gasteiger partial charge in [-0.25, -0.2) is 0 Å². The average Bonchev–Trinajstić information content (AvgIpc) is 2.74. The van der Waals surface area contributed by atoms with Crippen molar-refractivity contribution in [1.29, 1.82) is 0 Å². The molecule has 5 heteroatoms. The largest absolute Gasteiger partial charge is 0.370 e. The molecule has 0 amide bonds. The van der Waals surface area contributed by atoms with Crippen LogP contribution in [-0.4, -0.2) is 28.8 Å². The van der Waals surface area contributed by atoms with Gasteiger partial charge in [-0.2, -0.15) is 5.10 Å². The first kappa shape index (κ1) is 12.5. The van der Waals surface area contributed by atoms with Crippen LogP contribution < -0.4 is 11.1 Å². The van der Waals surface area contributed by atoms with Gasteiger partial charge in [-0.3, -0.25) is 9.67 Å². The van der Waals surface area contributed by atoms with E-state index in [0.717, 1.165) is 26.1 Å². The van der Waals surface area contributed by atoms with Crippen LogP contribution in [-0.2, 0) is 6.54 Å². The van der Waals surface area contributed by atoms with Crippen molar-refractivity contribution >= 4 is 5.96 Å². The van der Waals surface area contributed by atoms with Crippen LogP contribution in [0.5, 0.6) is 0 Å². The maximum atomic E-state index is 5.70. The lowest BCUT2D eigenvalue weighted by Gasteiger charge is -2.06. The highest BCUT2D eigenvalue weighted by Gasteiger charge is 1.94. The zero-order valence-corrected chi connectivity index (χ0v) is 10.1. The third-order valence-corrected chi connectivity index (χ3v) is 2.06. The number of guanidine groups is 1. The molecule has 0 aliphatic carbocycles. The molecule has 5 nitrogen and oxygen atoms in total. The normalized spacial score (nSPS) is 12.1. The van der Waals surface area contributed by atoms with Crippen LogP contribution in [0.1, 0.15) is 20.3 Å². The predicted molar refractivity (Wildman–Crippen MR) is 66.2 cm³/mol. The first-order chi connectivity index (χ1) is 7.68. The van der Waals surface area contributed by atoms with Crippen LogP contribution in [0.4, 0.5) is 0 Å². The molecular weight excluding hydrogens is 202 g/mol. The quantitative estimate of drug-likeness (QED) is 0.426. The van der Waals surface area contributed by atoms with Gasteiger partial charge in [-0.1, -0.05) is 13.8 Å². The molecule has 0 aliphatic rings. The van der Waals surface area contributed by atoms with Crippen LogP contribution >= 0.6 is 0 Å². The molecule has 0 fully saturated rings. The number of aryl methyl sites for hydroxylation is 1. The summed E-state index contributed by atoms with van der Waals surface area (Å²) in [5, 5.41) is 7.21. The Morgan fingerprint density at radius 2 is 2.38 bits per heavy atom. The fraction of sp³-hybridized carbons (Fsp3) is 0.636. The highest BCUT2D eigenvalue weighted by Crippen LogP contribution is 1.91. The first-order valence-electron chi connectivity index (χ1n) is 5.69. The topological polar surface area (TPSA) is 68.2 Å². The summed E-state index contributed by atoms with van der Waals surface area (Å²) in [6.07, 6.45) is 4.72. The monoisotopic (exact) mass is 223 g/mol. The third kappa shape index (κ3) is 5.38. The molecule has 0 saturated heterocycles. The van der Waals surface area contributed by atoms with E-state index in [1.165, 1.54) is 0 Å². The SMILES string of the molecule is CC(C)CN=C(N)NCCCn1cccn1. The van der Waals surface area contributed by atoms with Crippen LogP contribution in [0.25, 0.3) is 0 Å². The van der Waals surface area contributed by atoms with Crippen LogP contribution in [0, 0.1) is 5.92 Å². The molecule has 0 aromatic carbocycles. The van der Waals surface area contributed by atoms with Gasteiger partial charge in [0.2, 0.25) is 0 Å². The molecule has 0 atom stereocenters. The Hall–Kier alpha value is -1.52. The van der Waals surface area contributed by atoms with E-state index in [2.05, 4.69) is 29.3 Å². The van der Waals surface area contributed by atoms with Gasteiger partial charge in [0.1, 0.15) is 0 Å². The van der Waals surface area contributed by atoms with E-state index >= 15 is 0 Å². The van der Waals surface area contributed by atoms with Gasteiger partial charge < -0.3 is 11.1 Å². The van der Waals surface area contributed by atoms with E-state index in [1.54, 1.807) is 6.20 Å². The number of rotatable bonds is 6. The van der Waals surface area contributed by atoms with Gasteiger partial charge in [0.25, 0.3) is 0 Å². The van der Waals surface area contributed by atoms with E-state index < -0.39 is 0 Å². The van der Waals surface area contributed by atoms with E-state index in [-0.39, 0.29) is 0 Å². The molecule has 90 valence electrons. The number of aliphatic imine (C=N–C) groups is 1. The second kappa shape index (κ2) is 6.87. The number of aromatic nitrogens is 2. The Labute approximate surface area is 96.7 Å². The Morgan fingerprint density at radius 3 is 3.00 bits per heavy atom. The van der Waals surface area contributed by atoms with Crippen molar-refractivity contribution in [2.45, 2.75) is 26.8 Å². The molecule has 1 rings (SSSR count). The van der Waals surface area contributed by atoms with Gasteiger partial charge in [0, 0.05) is 32.0 Å². The minimum absolute atomic E-state index is 0.536. The Kier molecular flexibility index (Phi) is 5.39. The zero-order chi connectivity index (χ0) is 11.8. The average molecular weight is 223 g/mol. The number of nitrogens with two attached hydrogens (primary N) is 1. The van der Waals surface area contributed by atoms with Gasteiger partial charge in [0.15, 0.2) is 5.96 Å². The molecule has 0 bridgehead atoms. The standard InChI is InChI=1S/C11H21N5/c1-10(2)9-14-11(12)13-5-3-7-16-8-4-6-15-16/h4,6,8,10H,3,5,7,9H2,1-2H3,(H3,12,13,14).